The summed E-state index contributed by atoms with van der Waals surface area (Å²) in [5.74, 6) is -0.115. The highest BCUT2D eigenvalue weighted by atomic mass is 19.4. The van der Waals surface area contributed by atoms with Gasteiger partial charge in [0.2, 0.25) is 5.88 Å². The van der Waals surface area contributed by atoms with Gasteiger partial charge in [0.05, 0.1) is 6.04 Å². The molecule has 1 saturated heterocycles. The Labute approximate surface area is 173 Å². The summed E-state index contributed by atoms with van der Waals surface area (Å²) in [6.07, 6.45) is -0.692. The zero-order valence-corrected chi connectivity index (χ0v) is 16.5. The van der Waals surface area contributed by atoms with Crippen molar-refractivity contribution in [3.05, 3.63) is 59.8 Å². The van der Waals surface area contributed by atoms with Crippen molar-refractivity contribution in [2.24, 2.45) is 0 Å². The summed E-state index contributed by atoms with van der Waals surface area (Å²) in [6.45, 7) is 1.61. The van der Waals surface area contributed by atoms with E-state index >= 15 is 0 Å². The molecule has 2 aromatic rings. The van der Waals surface area contributed by atoms with Gasteiger partial charge in [0.15, 0.2) is 6.61 Å². The first-order valence-electron chi connectivity index (χ1n) is 9.85. The van der Waals surface area contributed by atoms with Gasteiger partial charge in [0, 0.05) is 25.4 Å². The van der Waals surface area contributed by atoms with Crippen LogP contribution in [0.5, 0.6) is 5.88 Å². The molecule has 6 nitrogen and oxygen atoms in total. The number of likely N-dealkylation sites (tertiary alicyclic amines) is 1. The number of benzene rings is 1. The van der Waals surface area contributed by atoms with Crippen LogP contribution >= 0.6 is 0 Å². The van der Waals surface area contributed by atoms with Crippen molar-refractivity contribution in [1.29, 1.82) is 0 Å². The van der Waals surface area contributed by atoms with Gasteiger partial charge in [0.25, 0.3) is 0 Å². The van der Waals surface area contributed by atoms with E-state index in [4.69, 9.17) is 0 Å². The molecule has 2 heterocycles. The third-order valence-electron chi connectivity index (χ3n) is 4.78. The summed E-state index contributed by atoms with van der Waals surface area (Å²) in [5, 5.41) is 5.79. The number of urea groups is 1. The smallest absolute Gasteiger partial charge is 0.422 e. The molecule has 1 aromatic carbocycles. The number of carbonyl (C=O) groups excluding carboxylic acids is 1. The van der Waals surface area contributed by atoms with Gasteiger partial charge in [-0.25, -0.2) is 9.78 Å². The Morgan fingerprint density at radius 1 is 1.13 bits per heavy atom. The molecule has 1 unspecified atom stereocenters. The lowest BCUT2D eigenvalue weighted by Gasteiger charge is -2.25. The fourth-order valence-corrected chi connectivity index (χ4v) is 3.29. The lowest BCUT2D eigenvalue weighted by molar-refractivity contribution is -0.154. The Balaban J connectivity index is 1.51. The van der Waals surface area contributed by atoms with E-state index in [1.165, 1.54) is 25.1 Å². The summed E-state index contributed by atoms with van der Waals surface area (Å²) in [4.78, 5) is 18.6. The minimum absolute atomic E-state index is 0.115. The van der Waals surface area contributed by atoms with E-state index < -0.39 is 12.8 Å². The van der Waals surface area contributed by atoms with Gasteiger partial charge in [-0.1, -0.05) is 36.4 Å². The maximum atomic E-state index is 12.4. The SMILES string of the molecule is O=C(NCc1ccc(OCC(F)(F)F)nc1)NC(CN1CCCC1)c1ccccc1. The van der Waals surface area contributed by atoms with Crippen molar-refractivity contribution < 1.29 is 22.7 Å². The van der Waals surface area contributed by atoms with E-state index in [0.29, 0.717) is 5.56 Å². The van der Waals surface area contributed by atoms with E-state index in [2.05, 4.69) is 25.3 Å². The molecule has 1 fully saturated rings. The highest BCUT2D eigenvalue weighted by Crippen LogP contribution is 2.18. The van der Waals surface area contributed by atoms with Gasteiger partial charge < -0.3 is 20.3 Å². The average molecular weight is 422 g/mol. The minimum atomic E-state index is -4.41. The molecule has 1 aliphatic rings. The van der Waals surface area contributed by atoms with Crippen molar-refractivity contribution in [2.45, 2.75) is 31.6 Å². The quantitative estimate of drug-likeness (QED) is 0.682. The summed E-state index contributed by atoms with van der Waals surface area (Å²) in [7, 11) is 0. The highest BCUT2D eigenvalue weighted by molar-refractivity contribution is 5.74. The summed E-state index contributed by atoms with van der Waals surface area (Å²) in [6, 6.07) is 12.3. The number of amides is 2. The number of nitrogens with zero attached hydrogens (tertiary/aromatic N) is 2. The Morgan fingerprint density at radius 2 is 1.87 bits per heavy atom. The lowest BCUT2D eigenvalue weighted by atomic mass is 10.1. The van der Waals surface area contributed by atoms with Crippen LogP contribution in [0.2, 0.25) is 0 Å². The molecule has 30 heavy (non-hydrogen) atoms. The monoisotopic (exact) mass is 422 g/mol. The van der Waals surface area contributed by atoms with Gasteiger partial charge in [0.1, 0.15) is 0 Å². The Hall–Kier alpha value is -2.81. The number of nitrogens with one attached hydrogen (secondary N) is 2. The second-order valence-electron chi connectivity index (χ2n) is 7.21. The van der Waals surface area contributed by atoms with E-state index in [1.54, 1.807) is 6.07 Å². The summed E-state index contributed by atoms with van der Waals surface area (Å²) < 4.78 is 41.1. The molecule has 1 aromatic heterocycles. The van der Waals surface area contributed by atoms with Crippen LogP contribution in [0.4, 0.5) is 18.0 Å². The number of hydrogen-bond donors (Lipinski definition) is 2. The van der Waals surface area contributed by atoms with Crippen LogP contribution in [-0.4, -0.2) is 48.3 Å². The number of carbonyl (C=O) groups is 1. The number of aromatic nitrogens is 1. The van der Waals surface area contributed by atoms with Gasteiger partial charge in [-0.3, -0.25) is 0 Å². The molecule has 1 atom stereocenters. The zero-order chi connectivity index (χ0) is 21.4. The number of halogens is 3. The van der Waals surface area contributed by atoms with E-state index in [9.17, 15) is 18.0 Å². The van der Waals surface area contributed by atoms with Crippen molar-refractivity contribution in [2.75, 3.05) is 26.2 Å². The number of alkyl halides is 3. The van der Waals surface area contributed by atoms with E-state index in [-0.39, 0.29) is 24.5 Å². The molecule has 9 heteroatoms. The predicted octanol–water partition coefficient (Wildman–Crippen LogP) is 3.66. The Kier molecular flexibility index (Phi) is 7.51. The molecular formula is C21H25F3N4O2. The van der Waals surface area contributed by atoms with E-state index in [0.717, 1.165) is 25.2 Å². The van der Waals surface area contributed by atoms with Gasteiger partial charge in [-0.2, -0.15) is 13.2 Å². The topological polar surface area (TPSA) is 66.5 Å². The number of pyridine rings is 1. The summed E-state index contributed by atoms with van der Waals surface area (Å²) in [5.41, 5.74) is 1.69. The molecule has 1 aliphatic heterocycles. The average Bonchev–Trinajstić information content (AvgIpc) is 3.24. The van der Waals surface area contributed by atoms with Gasteiger partial charge in [-0.15, -0.1) is 0 Å². The molecular weight excluding hydrogens is 397 g/mol. The van der Waals surface area contributed by atoms with Crippen LogP contribution in [-0.2, 0) is 6.54 Å². The molecule has 0 saturated carbocycles. The summed E-state index contributed by atoms with van der Waals surface area (Å²) >= 11 is 0. The fraction of sp³-hybridized carbons (Fsp3) is 0.429. The zero-order valence-electron chi connectivity index (χ0n) is 16.5. The van der Waals surface area contributed by atoms with Crippen molar-refractivity contribution >= 4 is 6.03 Å². The van der Waals surface area contributed by atoms with Crippen LogP contribution in [0.1, 0.15) is 30.0 Å². The van der Waals surface area contributed by atoms with Crippen LogP contribution in [0.15, 0.2) is 48.7 Å². The highest BCUT2D eigenvalue weighted by Gasteiger charge is 2.28. The second kappa shape index (κ2) is 10.3. The molecule has 3 rings (SSSR count). The van der Waals surface area contributed by atoms with Gasteiger partial charge >= 0.3 is 12.2 Å². The molecule has 2 amide bonds. The Bertz CT molecular complexity index is 794. The van der Waals surface area contributed by atoms with Crippen LogP contribution < -0.4 is 15.4 Å². The third kappa shape index (κ3) is 7.22. The largest absolute Gasteiger partial charge is 0.468 e. The maximum Gasteiger partial charge on any atom is 0.422 e. The first kappa shape index (κ1) is 21.9. The molecule has 0 bridgehead atoms. The maximum absolute atomic E-state index is 12.4. The number of hydrogen-bond acceptors (Lipinski definition) is 4. The minimum Gasteiger partial charge on any atom is -0.468 e. The van der Waals surface area contributed by atoms with Crippen LogP contribution in [0, 0.1) is 0 Å². The van der Waals surface area contributed by atoms with Crippen LogP contribution in [0.25, 0.3) is 0 Å². The van der Waals surface area contributed by atoms with Gasteiger partial charge in [-0.05, 0) is 37.1 Å². The predicted molar refractivity (Wildman–Crippen MR) is 106 cm³/mol. The molecule has 162 valence electrons. The number of ether oxygens (including phenoxy) is 1. The first-order chi connectivity index (χ1) is 14.4. The molecule has 2 N–H and O–H groups in total. The lowest BCUT2D eigenvalue weighted by Crippen LogP contribution is -2.42. The third-order valence-corrected chi connectivity index (χ3v) is 4.78. The van der Waals surface area contributed by atoms with Crippen LogP contribution in [0.3, 0.4) is 0 Å². The normalized spacial score (nSPS) is 15.6. The standard InChI is InChI=1S/C21H25F3N4O2/c22-21(23,24)15-30-19-9-8-16(12-25-19)13-26-20(29)27-18(14-28-10-4-5-11-28)17-6-2-1-3-7-17/h1-3,6-9,12,18H,4-5,10-11,13-15H2,(H2,26,27,29). The molecule has 0 aliphatic carbocycles. The van der Waals surface area contributed by atoms with Crippen molar-refractivity contribution in [1.82, 2.24) is 20.5 Å². The van der Waals surface area contributed by atoms with Crippen molar-refractivity contribution in [3.63, 3.8) is 0 Å². The Morgan fingerprint density at radius 3 is 2.50 bits per heavy atom. The second-order valence-corrected chi connectivity index (χ2v) is 7.21. The molecule has 0 radical (unpaired) electrons. The van der Waals surface area contributed by atoms with E-state index in [1.807, 2.05) is 30.3 Å². The number of rotatable bonds is 8. The van der Waals surface area contributed by atoms with Crippen molar-refractivity contribution in [3.8, 4) is 5.88 Å². The first-order valence-corrected chi connectivity index (χ1v) is 9.85. The molecule has 0 spiro atoms. The fourth-order valence-electron chi connectivity index (χ4n) is 3.29.